The van der Waals surface area contributed by atoms with Crippen molar-refractivity contribution in [1.82, 2.24) is 0 Å². The second kappa shape index (κ2) is 8.27. The molecule has 3 aromatic rings. The molecule has 0 unspecified atom stereocenters. The minimum atomic E-state index is -1.16. The Morgan fingerprint density at radius 1 is 0.926 bits per heavy atom. The summed E-state index contributed by atoms with van der Waals surface area (Å²) in [7, 11) is 0. The van der Waals surface area contributed by atoms with Crippen LogP contribution in [0.15, 0.2) is 78.9 Å². The molecule has 0 aliphatic rings. The van der Waals surface area contributed by atoms with Crippen molar-refractivity contribution in [2.75, 3.05) is 5.32 Å². The fourth-order valence-electron chi connectivity index (χ4n) is 2.54. The van der Waals surface area contributed by atoms with Gasteiger partial charge in [0.1, 0.15) is 5.82 Å². The third-order valence-electron chi connectivity index (χ3n) is 3.94. The number of anilines is 1. The normalized spacial score (nSPS) is 11.5. The van der Waals surface area contributed by atoms with E-state index in [1.807, 2.05) is 19.1 Å². The quantitative estimate of drug-likeness (QED) is 0.670. The van der Waals surface area contributed by atoms with Gasteiger partial charge in [-0.15, -0.1) is 0 Å². The Kier molecular flexibility index (Phi) is 5.61. The molecule has 1 amide bonds. The third kappa shape index (κ3) is 4.79. The monoisotopic (exact) mass is 363 g/mol. The molecule has 3 rings (SSSR count). The Labute approximate surface area is 156 Å². The summed E-state index contributed by atoms with van der Waals surface area (Å²) in [4.78, 5) is 25.2. The van der Waals surface area contributed by atoms with E-state index in [1.54, 1.807) is 42.5 Å². The number of halogens is 1. The first kappa shape index (κ1) is 18.3. The van der Waals surface area contributed by atoms with Crippen LogP contribution in [0.2, 0.25) is 0 Å². The van der Waals surface area contributed by atoms with Crippen molar-refractivity contribution in [2.45, 2.75) is 13.0 Å². The van der Waals surface area contributed by atoms with Gasteiger partial charge in [0.25, 0.3) is 5.91 Å². The van der Waals surface area contributed by atoms with E-state index < -0.39 is 23.8 Å². The number of nitrogens with one attached hydrogen (secondary N) is 1. The van der Waals surface area contributed by atoms with E-state index in [0.29, 0.717) is 11.3 Å². The van der Waals surface area contributed by atoms with Crippen molar-refractivity contribution in [2.24, 2.45) is 0 Å². The van der Waals surface area contributed by atoms with Gasteiger partial charge in [0.2, 0.25) is 6.10 Å². The maximum absolute atomic E-state index is 13.4. The maximum Gasteiger partial charge on any atom is 0.339 e. The highest BCUT2D eigenvalue weighted by Gasteiger charge is 2.26. The van der Waals surface area contributed by atoms with Gasteiger partial charge in [-0.3, -0.25) is 4.79 Å². The van der Waals surface area contributed by atoms with Crippen LogP contribution in [0.25, 0.3) is 0 Å². The van der Waals surface area contributed by atoms with Crippen LogP contribution in [0.3, 0.4) is 0 Å². The zero-order chi connectivity index (χ0) is 19.2. The van der Waals surface area contributed by atoms with Gasteiger partial charge in [-0.05, 0) is 37.3 Å². The number of carbonyl (C=O) groups excluding carboxylic acids is 2. The van der Waals surface area contributed by atoms with Gasteiger partial charge >= 0.3 is 5.97 Å². The summed E-state index contributed by atoms with van der Waals surface area (Å²) in [5.41, 5.74) is 2.21. The molecule has 3 aromatic carbocycles. The van der Waals surface area contributed by atoms with Crippen LogP contribution in [0.5, 0.6) is 0 Å². The van der Waals surface area contributed by atoms with Crippen LogP contribution in [-0.4, -0.2) is 11.9 Å². The first-order valence-electron chi connectivity index (χ1n) is 8.42. The SMILES string of the molecule is Cc1ccc(NC(=O)[C@@H](OC(=O)c2cccc(F)c2)c2ccccc2)cc1. The van der Waals surface area contributed by atoms with Crippen molar-refractivity contribution in [3.63, 3.8) is 0 Å². The molecule has 0 bridgehead atoms. The largest absolute Gasteiger partial charge is 0.444 e. The van der Waals surface area contributed by atoms with Gasteiger partial charge in [-0.25, -0.2) is 9.18 Å². The summed E-state index contributed by atoms with van der Waals surface area (Å²) in [5.74, 6) is -1.82. The molecule has 0 fully saturated rings. The van der Waals surface area contributed by atoms with Crippen LogP contribution in [0.1, 0.15) is 27.6 Å². The zero-order valence-electron chi connectivity index (χ0n) is 14.7. The third-order valence-corrected chi connectivity index (χ3v) is 3.94. The van der Waals surface area contributed by atoms with Gasteiger partial charge < -0.3 is 10.1 Å². The molecular formula is C22H18FNO3. The Bertz CT molecular complexity index is 939. The number of benzene rings is 3. The zero-order valence-corrected chi connectivity index (χ0v) is 14.7. The molecule has 0 aromatic heterocycles. The molecule has 0 radical (unpaired) electrons. The minimum Gasteiger partial charge on any atom is -0.444 e. The number of hydrogen-bond donors (Lipinski definition) is 1. The number of ether oxygens (including phenoxy) is 1. The second-order valence-corrected chi connectivity index (χ2v) is 6.06. The lowest BCUT2D eigenvalue weighted by atomic mass is 10.1. The van der Waals surface area contributed by atoms with E-state index in [-0.39, 0.29) is 5.56 Å². The molecule has 0 saturated carbocycles. The lowest BCUT2D eigenvalue weighted by molar-refractivity contribution is -0.125. The van der Waals surface area contributed by atoms with Crippen LogP contribution >= 0.6 is 0 Å². The topological polar surface area (TPSA) is 55.4 Å². The van der Waals surface area contributed by atoms with E-state index in [4.69, 9.17) is 4.74 Å². The molecule has 1 atom stereocenters. The molecule has 0 aliphatic carbocycles. The Morgan fingerprint density at radius 3 is 2.30 bits per heavy atom. The Hall–Kier alpha value is -3.47. The molecule has 0 saturated heterocycles. The van der Waals surface area contributed by atoms with Crippen LogP contribution in [0, 0.1) is 12.7 Å². The standard InChI is InChI=1S/C22H18FNO3/c1-15-10-12-19(13-11-15)24-21(25)20(16-6-3-2-4-7-16)27-22(26)17-8-5-9-18(23)14-17/h2-14,20H,1H3,(H,24,25)/t20-/m0/s1. The fraction of sp³-hybridized carbons (Fsp3) is 0.0909. The predicted octanol–water partition coefficient (Wildman–Crippen LogP) is 4.67. The van der Waals surface area contributed by atoms with Gasteiger partial charge in [0.05, 0.1) is 5.56 Å². The van der Waals surface area contributed by atoms with Crippen molar-refractivity contribution in [1.29, 1.82) is 0 Å². The molecule has 4 nitrogen and oxygen atoms in total. The van der Waals surface area contributed by atoms with E-state index in [9.17, 15) is 14.0 Å². The Balaban J connectivity index is 1.83. The fourth-order valence-corrected chi connectivity index (χ4v) is 2.54. The summed E-state index contributed by atoms with van der Waals surface area (Å²) in [6, 6.07) is 21.1. The minimum absolute atomic E-state index is 0.0408. The average molecular weight is 363 g/mol. The van der Waals surface area contributed by atoms with Gasteiger partial charge in [-0.2, -0.15) is 0 Å². The van der Waals surface area contributed by atoms with Crippen LogP contribution in [-0.2, 0) is 9.53 Å². The average Bonchev–Trinajstić information content (AvgIpc) is 2.68. The van der Waals surface area contributed by atoms with Gasteiger partial charge in [-0.1, -0.05) is 54.1 Å². The lowest BCUT2D eigenvalue weighted by Crippen LogP contribution is -2.26. The van der Waals surface area contributed by atoms with Crippen molar-refractivity contribution in [3.05, 3.63) is 101 Å². The molecule has 0 spiro atoms. The predicted molar refractivity (Wildman–Crippen MR) is 101 cm³/mol. The number of amides is 1. The van der Waals surface area contributed by atoms with Crippen LogP contribution in [0.4, 0.5) is 10.1 Å². The van der Waals surface area contributed by atoms with E-state index in [1.165, 1.54) is 18.2 Å². The molecule has 27 heavy (non-hydrogen) atoms. The number of hydrogen-bond acceptors (Lipinski definition) is 3. The molecule has 1 N–H and O–H groups in total. The van der Waals surface area contributed by atoms with Crippen molar-refractivity contribution >= 4 is 17.6 Å². The van der Waals surface area contributed by atoms with Crippen molar-refractivity contribution in [3.8, 4) is 0 Å². The second-order valence-electron chi connectivity index (χ2n) is 6.06. The van der Waals surface area contributed by atoms with E-state index in [0.717, 1.165) is 11.6 Å². The summed E-state index contributed by atoms with van der Waals surface area (Å²) in [5, 5.41) is 2.75. The molecule has 136 valence electrons. The number of esters is 1. The van der Waals surface area contributed by atoms with Crippen LogP contribution < -0.4 is 5.32 Å². The number of carbonyl (C=O) groups is 2. The Morgan fingerprint density at radius 2 is 1.63 bits per heavy atom. The number of rotatable bonds is 5. The maximum atomic E-state index is 13.4. The first-order chi connectivity index (χ1) is 13.0. The summed E-state index contributed by atoms with van der Waals surface area (Å²) >= 11 is 0. The molecule has 5 heteroatoms. The van der Waals surface area contributed by atoms with Crippen molar-refractivity contribution < 1.29 is 18.7 Å². The molecule has 0 aliphatic heterocycles. The van der Waals surface area contributed by atoms with Gasteiger partial charge in [0, 0.05) is 11.3 Å². The molecule has 0 heterocycles. The highest BCUT2D eigenvalue weighted by Crippen LogP contribution is 2.22. The van der Waals surface area contributed by atoms with Gasteiger partial charge in [0.15, 0.2) is 0 Å². The lowest BCUT2D eigenvalue weighted by Gasteiger charge is -2.18. The summed E-state index contributed by atoms with van der Waals surface area (Å²) in [6.07, 6.45) is -1.16. The van der Waals surface area contributed by atoms with E-state index >= 15 is 0 Å². The number of aryl methyl sites for hydroxylation is 1. The molecular weight excluding hydrogens is 345 g/mol. The summed E-state index contributed by atoms with van der Waals surface area (Å²) < 4.78 is 18.8. The highest BCUT2D eigenvalue weighted by molar-refractivity contribution is 5.98. The van der Waals surface area contributed by atoms with E-state index in [2.05, 4.69) is 5.32 Å². The smallest absolute Gasteiger partial charge is 0.339 e. The highest BCUT2D eigenvalue weighted by atomic mass is 19.1. The first-order valence-corrected chi connectivity index (χ1v) is 8.42. The summed E-state index contributed by atoms with van der Waals surface area (Å²) in [6.45, 7) is 1.94.